The molecule has 0 aromatic heterocycles. The molecule has 0 radical (unpaired) electrons. The van der Waals surface area contributed by atoms with E-state index in [4.69, 9.17) is 10.2 Å². The predicted molar refractivity (Wildman–Crippen MR) is 57.1 cm³/mol. The number of hydrogen-bond donors (Lipinski definition) is 2. The summed E-state index contributed by atoms with van der Waals surface area (Å²) in [5.74, 6) is -3.44. The molecule has 0 fully saturated rings. The molecule has 0 aliphatic heterocycles. The Morgan fingerprint density at radius 1 is 1.06 bits per heavy atom. The van der Waals surface area contributed by atoms with Crippen molar-refractivity contribution in [1.82, 2.24) is 0 Å². The van der Waals surface area contributed by atoms with Gasteiger partial charge in [-0.15, -0.1) is 0 Å². The summed E-state index contributed by atoms with van der Waals surface area (Å²) in [6, 6.07) is 0. The van der Waals surface area contributed by atoms with Crippen LogP contribution in [0.1, 0.15) is 45.4 Å². The molecule has 0 aromatic rings. The number of Topliss-reactive ketones (excluding diaryl/α,β-unsaturated/α-hetero) is 1. The molecule has 5 nitrogen and oxygen atoms in total. The molecule has 0 bridgehead atoms. The first kappa shape index (κ1) is 14.6. The van der Waals surface area contributed by atoms with Crippen molar-refractivity contribution in [2.24, 2.45) is 5.92 Å². The Kier molecular flexibility index (Phi) is 7.16. The maximum Gasteiger partial charge on any atom is 0.314 e. The molecule has 1 unspecified atom stereocenters. The molecule has 0 aromatic carbocycles. The number of carboxylic acid groups (broad SMARTS) is 2. The second-order valence-corrected chi connectivity index (χ2v) is 3.75. The fraction of sp³-hybridized carbons (Fsp3) is 0.727. The third-order valence-corrected chi connectivity index (χ3v) is 2.35. The zero-order valence-corrected chi connectivity index (χ0v) is 9.44. The first-order chi connectivity index (χ1) is 7.49. The van der Waals surface area contributed by atoms with Crippen LogP contribution in [0, 0.1) is 5.92 Å². The number of hydrogen-bond acceptors (Lipinski definition) is 3. The minimum absolute atomic E-state index is 0.0924. The van der Waals surface area contributed by atoms with E-state index in [-0.39, 0.29) is 31.5 Å². The Labute approximate surface area is 94.5 Å². The quantitative estimate of drug-likeness (QED) is 0.588. The Balaban J connectivity index is 4.11. The van der Waals surface area contributed by atoms with E-state index < -0.39 is 17.9 Å². The number of ketones is 1. The van der Waals surface area contributed by atoms with Gasteiger partial charge in [-0.25, -0.2) is 0 Å². The molecule has 92 valence electrons. The van der Waals surface area contributed by atoms with E-state index in [1.165, 1.54) is 0 Å². The van der Waals surface area contributed by atoms with Crippen molar-refractivity contribution >= 4 is 17.7 Å². The van der Waals surface area contributed by atoms with E-state index in [1.54, 1.807) is 0 Å². The number of carbonyl (C=O) groups excluding carboxylic acids is 1. The third kappa shape index (κ3) is 6.16. The zero-order valence-electron chi connectivity index (χ0n) is 9.44. The van der Waals surface area contributed by atoms with Crippen LogP contribution >= 0.6 is 0 Å². The van der Waals surface area contributed by atoms with E-state index in [2.05, 4.69) is 0 Å². The SMILES string of the molecule is CCCCC(=O)C(CCCC(=O)O)C(=O)O. The molecule has 0 rings (SSSR count). The molecule has 0 heterocycles. The second kappa shape index (κ2) is 7.84. The van der Waals surface area contributed by atoms with E-state index >= 15 is 0 Å². The fourth-order valence-electron chi connectivity index (χ4n) is 1.40. The summed E-state index contributed by atoms with van der Waals surface area (Å²) in [5, 5.41) is 17.3. The molecule has 1 atom stereocenters. The number of carboxylic acids is 2. The van der Waals surface area contributed by atoms with Gasteiger partial charge in [-0.3, -0.25) is 14.4 Å². The average molecular weight is 230 g/mol. The van der Waals surface area contributed by atoms with Gasteiger partial charge >= 0.3 is 11.9 Å². The summed E-state index contributed by atoms with van der Waals surface area (Å²) >= 11 is 0. The zero-order chi connectivity index (χ0) is 12.6. The lowest BCUT2D eigenvalue weighted by molar-refractivity contribution is -0.147. The first-order valence-corrected chi connectivity index (χ1v) is 5.46. The van der Waals surface area contributed by atoms with E-state index in [0.29, 0.717) is 6.42 Å². The first-order valence-electron chi connectivity index (χ1n) is 5.46. The predicted octanol–water partition coefficient (Wildman–Crippen LogP) is 1.70. The summed E-state index contributed by atoms with van der Waals surface area (Å²) in [5.41, 5.74) is 0. The minimum atomic E-state index is -1.15. The molecule has 2 N–H and O–H groups in total. The molecular formula is C11H18O5. The van der Waals surface area contributed by atoms with Gasteiger partial charge in [0.2, 0.25) is 0 Å². The van der Waals surface area contributed by atoms with Gasteiger partial charge in [0.25, 0.3) is 0 Å². The molecule has 0 saturated carbocycles. The van der Waals surface area contributed by atoms with Crippen molar-refractivity contribution in [1.29, 1.82) is 0 Å². The van der Waals surface area contributed by atoms with Crippen LogP contribution in [0.5, 0.6) is 0 Å². The van der Waals surface area contributed by atoms with Crippen LogP contribution < -0.4 is 0 Å². The van der Waals surface area contributed by atoms with Gasteiger partial charge in [0.1, 0.15) is 11.7 Å². The standard InChI is InChI=1S/C11H18O5/c1-2-3-6-9(12)8(11(15)16)5-4-7-10(13)14/h8H,2-7H2,1H3,(H,13,14)(H,15,16). The highest BCUT2D eigenvalue weighted by atomic mass is 16.4. The smallest absolute Gasteiger partial charge is 0.314 e. The number of rotatable bonds is 9. The second-order valence-electron chi connectivity index (χ2n) is 3.75. The molecule has 0 spiro atoms. The lowest BCUT2D eigenvalue weighted by Crippen LogP contribution is -2.23. The van der Waals surface area contributed by atoms with Gasteiger partial charge < -0.3 is 10.2 Å². The number of aliphatic carboxylic acids is 2. The van der Waals surface area contributed by atoms with Crippen molar-refractivity contribution < 1.29 is 24.6 Å². The van der Waals surface area contributed by atoms with Crippen LogP contribution in [0.15, 0.2) is 0 Å². The Morgan fingerprint density at radius 3 is 2.12 bits per heavy atom. The van der Waals surface area contributed by atoms with E-state index in [0.717, 1.165) is 6.42 Å². The van der Waals surface area contributed by atoms with Crippen LogP contribution in [0.25, 0.3) is 0 Å². The van der Waals surface area contributed by atoms with Crippen LogP contribution in [-0.2, 0) is 14.4 Å². The lowest BCUT2D eigenvalue weighted by Gasteiger charge is -2.09. The van der Waals surface area contributed by atoms with Crippen molar-refractivity contribution in [3.8, 4) is 0 Å². The highest BCUT2D eigenvalue weighted by molar-refractivity contribution is 5.98. The van der Waals surface area contributed by atoms with Gasteiger partial charge in [0.05, 0.1) is 0 Å². The van der Waals surface area contributed by atoms with Crippen molar-refractivity contribution in [3.63, 3.8) is 0 Å². The van der Waals surface area contributed by atoms with Crippen LogP contribution in [0.3, 0.4) is 0 Å². The van der Waals surface area contributed by atoms with Crippen molar-refractivity contribution in [3.05, 3.63) is 0 Å². The summed E-state index contributed by atoms with van der Waals surface area (Å²) in [6.45, 7) is 1.92. The summed E-state index contributed by atoms with van der Waals surface area (Å²) in [7, 11) is 0. The van der Waals surface area contributed by atoms with E-state index in [9.17, 15) is 14.4 Å². The molecule has 0 aliphatic carbocycles. The average Bonchev–Trinajstić information content (AvgIpc) is 2.20. The Bertz CT molecular complexity index is 259. The van der Waals surface area contributed by atoms with Crippen LogP contribution in [0.2, 0.25) is 0 Å². The lowest BCUT2D eigenvalue weighted by atomic mass is 9.94. The molecule has 5 heteroatoms. The molecule has 0 saturated heterocycles. The van der Waals surface area contributed by atoms with Gasteiger partial charge in [-0.2, -0.15) is 0 Å². The number of unbranched alkanes of at least 4 members (excludes halogenated alkanes) is 1. The highest BCUT2D eigenvalue weighted by Crippen LogP contribution is 2.14. The Morgan fingerprint density at radius 2 is 1.69 bits per heavy atom. The monoisotopic (exact) mass is 230 g/mol. The molecular weight excluding hydrogens is 212 g/mol. The third-order valence-electron chi connectivity index (χ3n) is 2.35. The van der Waals surface area contributed by atoms with Crippen LogP contribution in [0.4, 0.5) is 0 Å². The van der Waals surface area contributed by atoms with E-state index in [1.807, 2.05) is 6.92 Å². The molecule has 0 amide bonds. The highest BCUT2D eigenvalue weighted by Gasteiger charge is 2.24. The van der Waals surface area contributed by atoms with Gasteiger partial charge in [0.15, 0.2) is 0 Å². The summed E-state index contributed by atoms with van der Waals surface area (Å²) in [4.78, 5) is 32.6. The minimum Gasteiger partial charge on any atom is -0.481 e. The van der Waals surface area contributed by atoms with Gasteiger partial charge in [0, 0.05) is 12.8 Å². The van der Waals surface area contributed by atoms with Crippen molar-refractivity contribution in [2.45, 2.75) is 45.4 Å². The number of carbonyl (C=O) groups is 3. The fourth-order valence-corrected chi connectivity index (χ4v) is 1.40. The van der Waals surface area contributed by atoms with Crippen molar-refractivity contribution in [2.75, 3.05) is 0 Å². The normalized spacial score (nSPS) is 12.1. The van der Waals surface area contributed by atoms with Gasteiger partial charge in [-0.1, -0.05) is 13.3 Å². The van der Waals surface area contributed by atoms with Crippen LogP contribution in [-0.4, -0.2) is 27.9 Å². The topological polar surface area (TPSA) is 91.7 Å². The summed E-state index contributed by atoms with van der Waals surface area (Å²) in [6.07, 6.45) is 2.04. The maximum atomic E-state index is 11.5. The van der Waals surface area contributed by atoms with Gasteiger partial charge in [-0.05, 0) is 19.3 Å². The summed E-state index contributed by atoms with van der Waals surface area (Å²) < 4.78 is 0. The molecule has 16 heavy (non-hydrogen) atoms. The largest absolute Gasteiger partial charge is 0.481 e. The maximum absolute atomic E-state index is 11.5. The Hall–Kier alpha value is -1.39. The molecule has 0 aliphatic rings.